The lowest BCUT2D eigenvalue weighted by atomic mass is 10.2. The molecule has 0 atom stereocenters. The number of hydrogen-bond acceptors (Lipinski definition) is 5. The molecule has 20 heavy (non-hydrogen) atoms. The summed E-state index contributed by atoms with van der Waals surface area (Å²) in [6.45, 7) is 1.87. The Morgan fingerprint density at radius 3 is 2.45 bits per heavy atom. The maximum Gasteiger partial charge on any atom is 0.264 e. The van der Waals surface area contributed by atoms with E-state index in [9.17, 15) is 8.42 Å². The summed E-state index contributed by atoms with van der Waals surface area (Å²) in [4.78, 5) is 7.78. The number of methoxy groups -OCH3 is 1. The molecule has 0 fully saturated rings. The fourth-order valence-corrected chi connectivity index (χ4v) is 2.56. The molecule has 0 aliphatic rings. The summed E-state index contributed by atoms with van der Waals surface area (Å²) in [5, 5.41) is 0.0819. The second-order valence-electron chi connectivity index (χ2n) is 3.98. The Morgan fingerprint density at radius 2 is 1.85 bits per heavy atom. The average Bonchev–Trinajstić information content (AvgIpc) is 2.37. The number of anilines is 1. The fourth-order valence-electron chi connectivity index (χ4n) is 1.44. The van der Waals surface area contributed by atoms with Gasteiger partial charge in [-0.15, -0.1) is 0 Å². The van der Waals surface area contributed by atoms with Crippen LogP contribution in [-0.2, 0) is 10.0 Å². The van der Waals surface area contributed by atoms with E-state index in [0.29, 0.717) is 0 Å². The Balaban J connectivity index is 2.33. The van der Waals surface area contributed by atoms with Crippen LogP contribution in [0.5, 0.6) is 5.88 Å². The van der Waals surface area contributed by atoms with Gasteiger partial charge in [-0.2, -0.15) is 4.98 Å². The van der Waals surface area contributed by atoms with Crippen LogP contribution >= 0.6 is 11.6 Å². The number of aromatic nitrogens is 2. The first-order valence-electron chi connectivity index (χ1n) is 5.59. The number of aryl methyl sites for hydroxylation is 1. The zero-order valence-corrected chi connectivity index (χ0v) is 12.4. The molecule has 0 spiro atoms. The van der Waals surface area contributed by atoms with Crippen molar-refractivity contribution in [3.8, 4) is 5.88 Å². The van der Waals surface area contributed by atoms with Crippen molar-refractivity contribution >= 4 is 27.6 Å². The topological polar surface area (TPSA) is 81.2 Å². The van der Waals surface area contributed by atoms with Gasteiger partial charge in [0.1, 0.15) is 5.15 Å². The van der Waals surface area contributed by atoms with Gasteiger partial charge in [0.05, 0.1) is 12.0 Å². The Hall–Kier alpha value is -1.86. The maximum absolute atomic E-state index is 12.1. The molecule has 0 aliphatic heterocycles. The SMILES string of the molecule is COc1cc(Cl)nc(NS(=O)(=O)c2ccc(C)cc2)n1. The molecule has 1 heterocycles. The summed E-state index contributed by atoms with van der Waals surface area (Å²) in [5.41, 5.74) is 0.963. The van der Waals surface area contributed by atoms with E-state index in [-0.39, 0.29) is 21.9 Å². The van der Waals surface area contributed by atoms with Gasteiger partial charge in [0.15, 0.2) is 0 Å². The smallest absolute Gasteiger partial charge is 0.264 e. The van der Waals surface area contributed by atoms with Gasteiger partial charge >= 0.3 is 0 Å². The predicted molar refractivity (Wildman–Crippen MR) is 75.6 cm³/mol. The molecule has 1 N–H and O–H groups in total. The standard InChI is InChI=1S/C12H12ClN3O3S/c1-8-3-5-9(6-4-8)20(17,18)16-12-14-10(13)7-11(15-12)19-2/h3-7H,1-2H3,(H,14,15,16). The van der Waals surface area contributed by atoms with Crippen molar-refractivity contribution in [1.82, 2.24) is 9.97 Å². The number of benzene rings is 1. The van der Waals surface area contributed by atoms with Crippen LogP contribution in [0.25, 0.3) is 0 Å². The van der Waals surface area contributed by atoms with Crippen molar-refractivity contribution in [1.29, 1.82) is 0 Å². The van der Waals surface area contributed by atoms with Crippen LogP contribution in [-0.4, -0.2) is 25.5 Å². The summed E-state index contributed by atoms with van der Waals surface area (Å²) in [6, 6.07) is 7.78. The van der Waals surface area contributed by atoms with Crippen molar-refractivity contribution in [3.63, 3.8) is 0 Å². The van der Waals surface area contributed by atoms with Crippen LogP contribution in [0.3, 0.4) is 0 Å². The van der Waals surface area contributed by atoms with E-state index in [2.05, 4.69) is 14.7 Å². The lowest BCUT2D eigenvalue weighted by Crippen LogP contribution is -2.15. The minimum Gasteiger partial charge on any atom is -0.481 e. The van der Waals surface area contributed by atoms with Gasteiger partial charge in [0.2, 0.25) is 11.8 Å². The Morgan fingerprint density at radius 1 is 1.20 bits per heavy atom. The molecule has 0 saturated heterocycles. The molecule has 2 rings (SSSR count). The summed E-state index contributed by atoms with van der Waals surface area (Å²) in [5.74, 6) is 0.0292. The van der Waals surface area contributed by atoms with Crippen LogP contribution in [0.4, 0.5) is 5.95 Å². The van der Waals surface area contributed by atoms with Crippen LogP contribution in [0.15, 0.2) is 35.2 Å². The molecule has 0 radical (unpaired) electrons. The third-order valence-corrected chi connectivity index (χ3v) is 3.98. The van der Waals surface area contributed by atoms with E-state index in [1.54, 1.807) is 12.1 Å². The number of nitrogens with one attached hydrogen (secondary N) is 1. The van der Waals surface area contributed by atoms with Gasteiger partial charge in [-0.25, -0.2) is 18.1 Å². The molecule has 106 valence electrons. The Bertz CT molecular complexity index is 717. The highest BCUT2D eigenvalue weighted by Crippen LogP contribution is 2.19. The molecular formula is C12H12ClN3O3S. The van der Waals surface area contributed by atoms with Gasteiger partial charge in [-0.3, -0.25) is 0 Å². The van der Waals surface area contributed by atoms with Crippen LogP contribution < -0.4 is 9.46 Å². The Labute approximate surface area is 121 Å². The predicted octanol–water partition coefficient (Wildman–Crippen LogP) is 2.25. The van der Waals surface area contributed by atoms with E-state index in [0.717, 1.165) is 5.56 Å². The summed E-state index contributed by atoms with van der Waals surface area (Å²) >= 11 is 5.76. The monoisotopic (exact) mass is 313 g/mol. The summed E-state index contributed by atoms with van der Waals surface area (Å²) < 4.78 is 31.5. The van der Waals surface area contributed by atoms with E-state index in [1.165, 1.54) is 25.3 Å². The summed E-state index contributed by atoms with van der Waals surface area (Å²) in [7, 11) is -2.36. The average molecular weight is 314 g/mol. The molecule has 0 aliphatic carbocycles. The van der Waals surface area contributed by atoms with Gasteiger partial charge in [-0.1, -0.05) is 29.3 Å². The Kier molecular flexibility index (Phi) is 4.10. The van der Waals surface area contributed by atoms with E-state index >= 15 is 0 Å². The quantitative estimate of drug-likeness (QED) is 0.876. The molecule has 0 saturated carbocycles. The number of ether oxygens (including phenoxy) is 1. The highest BCUT2D eigenvalue weighted by atomic mass is 35.5. The summed E-state index contributed by atoms with van der Waals surface area (Å²) in [6.07, 6.45) is 0. The lowest BCUT2D eigenvalue weighted by Gasteiger charge is -2.08. The van der Waals surface area contributed by atoms with E-state index in [1.807, 2.05) is 6.92 Å². The van der Waals surface area contributed by atoms with Crippen molar-refractivity contribution in [2.45, 2.75) is 11.8 Å². The number of rotatable bonds is 4. The fraction of sp³-hybridized carbons (Fsp3) is 0.167. The zero-order valence-electron chi connectivity index (χ0n) is 10.8. The minimum atomic E-state index is -3.76. The van der Waals surface area contributed by atoms with Crippen LogP contribution in [0, 0.1) is 6.92 Å². The van der Waals surface area contributed by atoms with Gasteiger partial charge in [0.25, 0.3) is 10.0 Å². The van der Waals surface area contributed by atoms with Gasteiger partial charge < -0.3 is 4.74 Å². The first kappa shape index (κ1) is 14.5. The van der Waals surface area contributed by atoms with Crippen molar-refractivity contribution in [3.05, 3.63) is 41.0 Å². The second kappa shape index (κ2) is 5.64. The molecule has 6 nitrogen and oxygen atoms in total. The molecule has 0 bridgehead atoms. The van der Waals surface area contributed by atoms with Crippen molar-refractivity contribution < 1.29 is 13.2 Å². The highest BCUT2D eigenvalue weighted by molar-refractivity contribution is 7.92. The van der Waals surface area contributed by atoms with Gasteiger partial charge in [0, 0.05) is 6.07 Å². The lowest BCUT2D eigenvalue weighted by molar-refractivity contribution is 0.397. The number of hydrogen-bond donors (Lipinski definition) is 1. The molecule has 0 unspecified atom stereocenters. The minimum absolute atomic E-state index is 0.0819. The first-order chi connectivity index (χ1) is 9.40. The van der Waals surface area contributed by atoms with Gasteiger partial charge in [-0.05, 0) is 19.1 Å². The molecule has 0 amide bonds. The highest BCUT2D eigenvalue weighted by Gasteiger charge is 2.16. The molecular weight excluding hydrogens is 302 g/mol. The number of sulfonamides is 1. The van der Waals surface area contributed by atoms with Crippen molar-refractivity contribution in [2.75, 3.05) is 11.8 Å². The number of nitrogens with zero attached hydrogens (tertiary/aromatic N) is 2. The van der Waals surface area contributed by atoms with Crippen LogP contribution in [0.1, 0.15) is 5.56 Å². The second-order valence-corrected chi connectivity index (χ2v) is 6.04. The first-order valence-corrected chi connectivity index (χ1v) is 7.45. The number of halogens is 1. The zero-order chi connectivity index (χ0) is 14.8. The molecule has 8 heteroatoms. The molecule has 1 aromatic heterocycles. The largest absolute Gasteiger partial charge is 0.481 e. The molecule has 2 aromatic rings. The third-order valence-electron chi connectivity index (χ3n) is 2.44. The maximum atomic E-state index is 12.1. The van der Waals surface area contributed by atoms with Crippen molar-refractivity contribution in [2.24, 2.45) is 0 Å². The van der Waals surface area contributed by atoms with E-state index < -0.39 is 10.0 Å². The third kappa shape index (κ3) is 3.37. The molecule has 1 aromatic carbocycles. The van der Waals surface area contributed by atoms with Crippen LogP contribution in [0.2, 0.25) is 5.15 Å². The van der Waals surface area contributed by atoms with E-state index in [4.69, 9.17) is 16.3 Å². The normalized spacial score (nSPS) is 11.2.